The van der Waals surface area contributed by atoms with Crippen molar-refractivity contribution in [3.05, 3.63) is 21.3 Å². The van der Waals surface area contributed by atoms with Crippen molar-refractivity contribution in [2.24, 2.45) is 5.92 Å². The molecule has 1 aromatic heterocycles. The number of Topliss-reactive ketones (excluding diaryl/α,β-unsaturated/α-hetero) is 1. The highest BCUT2D eigenvalue weighted by molar-refractivity contribution is 7.14. The average Bonchev–Trinajstić information content (AvgIpc) is 2.71. The van der Waals surface area contributed by atoms with E-state index in [9.17, 15) is 13.6 Å². The molecule has 1 aliphatic rings. The van der Waals surface area contributed by atoms with Gasteiger partial charge in [-0.1, -0.05) is 11.6 Å². The molecule has 1 aromatic rings. The van der Waals surface area contributed by atoms with Gasteiger partial charge in [-0.25, -0.2) is 8.78 Å². The van der Waals surface area contributed by atoms with Crippen molar-refractivity contribution in [1.29, 1.82) is 0 Å². The molecule has 15 heavy (non-hydrogen) atoms. The van der Waals surface area contributed by atoms with Crippen LogP contribution < -0.4 is 0 Å². The summed E-state index contributed by atoms with van der Waals surface area (Å²) in [5, 5.41) is 1.70. The smallest absolute Gasteiger partial charge is 0.248 e. The van der Waals surface area contributed by atoms with Gasteiger partial charge in [0.05, 0.1) is 0 Å². The highest BCUT2D eigenvalue weighted by atomic mass is 35.5. The topological polar surface area (TPSA) is 17.1 Å². The lowest BCUT2D eigenvalue weighted by Crippen LogP contribution is -2.15. The molecule has 0 amide bonds. The van der Waals surface area contributed by atoms with Crippen molar-refractivity contribution in [1.82, 2.24) is 0 Å². The summed E-state index contributed by atoms with van der Waals surface area (Å²) in [6, 6.07) is 1.60. The van der Waals surface area contributed by atoms with Gasteiger partial charge < -0.3 is 0 Å². The number of hydrogen-bond donors (Lipinski definition) is 0. The molecule has 0 bridgehead atoms. The third kappa shape index (κ3) is 2.21. The second-order valence-electron chi connectivity index (χ2n) is 3.77. The SMILES string of the molecule is O=C(c1ccsc1Cl)C1CCC(F)(F)C1. The first-order valence-electron chi connectivity index (χ1n) is 4.65. The van der Waals surface area contributed by atoms with Crippen LogP contribution in [0.25, 0.3) is 0 Å². The molecule has 0 aliphatic heterocycles. The third-order valence-electron chi connectivity index (χ3n) is 2.66. The second-order valence-corrected chi connectivity index (χ2v) is 5.29. The normalized spacial score (nSPS) is 24.3. The fraction of sp³-hybridized carbons (Fsp3) is 0.500. The van der Waals surface area contributed by atoms with Gasteiger partial charge in [0.25, 0.3) is 0 Å². The molecule has 0 aromatic carbocycles. The number of rotatable bonds is 2. The Labute approximate surface area is 95.1 Å². The molecule has 0 spiro atoms. The lowest BCUT2D eigenvalue weighted by molar-refractivity contribution is 0.00530. The zero-order valence-corrected chi connectivity index (χ0v) is 9.38. The minimum absolute atomic E-state index is 0.189. The van der Waals surface area contributed by atoms with Crippen LogP contribution in [0.3, 0.4) is 0 Å². The molecule has 0 radical (unpaired) electrons. The van der Waals surface area contributed by atoms with E-state index in [0.29, 0.717) is 9.90 Å². The Bertz CT molecular complexity index is 389. The van der Waals surface area contributed by atoms with E-state index >= 15 is 0 Å². The summed E-state index contributed by atoms with van der Waals surface area (Å²) < 4.78 is 26.2. The summed E-state index contributed by atoms with van der Waals surface area (Å²) in [6.07, 6.45) is -0.263. The third-order valence-corrected chi connectivity index (χ3v) is 3.83. The Kier molecular flexibility index (Phi) is 2.81. The van der Waals surface area contributed by atoms with Gasteiger partial charge in [0.1, 0.15) is 4.34 Å². The van der Waals surface area contributed by atoms with E-state index in [1.807, 2.05) is 0 Å². The quantitative estimate of drug-likeness (QED) is 0.725. The largest absolute Gasteiger partial charge is 0.294 e. The van der Waals surface area contributed by atoms with Crippen LogP contribution in [0.15, 0.2) is 11.4 Å². The Morgan fingerprint density at radius 3 is 2.80 bits per heavy atom. The Morgan fingerprint density at radius 1 is 1.60 bits per heavy atom. The summed E-state index contributed by atoms with van der Waals surface area (Å²) in [5.74, 6) is -3.48. The monoisotopic (exact) mass is 250 g/mol. The zero-order valence-electron chi connectivity index (χ0n) is 7.80. The van der Waals surface area contributed by atoms with Crippen molar-refractivity contribution in [2.45, 2.75) is 25.2 Å². The molecule has 1 unspecified atom stereocenters. The van der Waals surface area contributed by atoms with E-state index in [-0.39, 0.29) is 25.0 Å². The molecule has 1 aliphatic carbocycles. The Balaban J connectivity index is 2.14. The molecule has 1 nitrogen and oxygen atoms in total. The van der Waals surface area contributed by atoms with Crippen LogP contribution in [0.1, 0.15) is 29.6 Å². The van der Waals surface area contributed by atoms with Gasteiger partial charge in [0.15, 0.2) is 5.78 Å². The number of carbonyl (C=O) groups excluding carboxylic acids is 1. The maximum absolute atomic E-state index is 12.9. The predicted octanol–water partition coefficient (Wildman–Crippen LogP) is 4.02. The van der Waals surface area contributed by atoms with Gasteiger partial charge in [-0.3, -0.25) is 4.79 Å². The number of alkyl halides is 2. The first-order valence-corrected chi connectivity index (χ1v) is 5.90. The summed E-state index contributed by atoms with van der Waals surface area (Å²) >= 11 is 7.04. The molecule has 0 saturated heterocycles. The number of thiophene rings is 1. The average molecular weight is 251 g/mol. The fourth-order valence-corrected chi connectivity index (χ4v) is 2.79. The van der Waals surface area contributed by atoms with Gasteiger partial charge in [-0.2, -0.15) is 0 Å². The molecule has 0 N–H and O–H groups in total. The highest BCUT2D eigenvalue weighted by Crippen LogP contribution is 2.41. The maximum atomic E-state index is 12.9. The number of ketones is 1. The van der Waals surface area contributed by atoms with E-state index in [1.54, 1.807) is 11.4 Å². The van der Waals surface area contributed by atoms with E-state index < -0.39 is 11.8 Å². The fourth-order valence-electron chi connectivity index (χ4n) is 1.86. The van der Waals surface area contributed by atoms with Crippen LogP contribution >= 0.6 is 22.9 Å². The lowest BCUT2D eigenvalue weighted by Gasteiger charge is -2.08. The van der Waals surface area contributed by atoms with E-state index in [2.05, 4.69) is 0 Å². The Hall–Kier alpha value is -0.480. The van der Waals surface area contributed by atoms with Crippen LogP contribution in [-0.2, 0) is 0 Å². The first-order chi connectivity index (χ1) is 6.99. The van der Waals surface area contributed by atoms with Crippen molar-refractivity contribution in [3.8, 4) is 0 Å². The van der Waals surface area contributed by atoms with Crippen LogP contribution in [-0.4, -0.2) is 11.7 Å². The predicted molar refractivity (Wildman–Crippen MR) is 55.9 cm³/mol. The van der Waals surface area contributed by atoms with E-state index in [0.717, 1.165) is 0 Å². The summed E-state index contributed by atoms with van der Waals surface area (Å²) in [4.78, 5) is 11.8. The minimum Gasteiger partial charge on any atom is -0.294 e. The zero-order chi connectivity index (χ0) is 11.1. The molecule has 82 valence electrons. The Morgan fingerprint density at radius 2 is 2.33 bits per heavy atom. The standard InChI is InChI=1S/C10H9ClF2OS/c11-9-7(2-4-15-9)8(14)6-1-3-10(12,13)5-6/h2,4,6H,1,3,5H2. The van der Waals surface area contributed by atoms with Crippen molar-refractivity contribution < 1.29 is 13.6 Å². The van der Waals surface area contributed by atoms with Crippen LogP contribution in [0.2, 0.25) is 4.34 Å². The maximum Gasteiger partial charge on any atom is 0.248 e. The van der Waals surface area contributed by atoms with E-state index in [4.69, 9.17) is 11.6 Å². The number of halogens is 3. The van der Waals surface area contributed by atoms with Gasteiger partial charge in [-0.05, 0) is 17.9 Å². The minimum atomic E-state index is -2.68. The first kappa shape index (κ1) is 11.0. The molecule has 1 atom stereocenters. The molecule has 1 saturated carbocycles. The van der Waals surface area contributed by atoms with Gasteiger partial charge in [0, 0.05) is 24.3 Å². The number of hydrogen-bond acceptors (Lipinski definition) is 2. The molecule has 5 heteroatoms. The summed E-state index contributed by atoms with van der Waals surface area (Å²) in [6.45, 7) is 0. The van der Waals surface area contributed by atoms with Crippen LogP contribution in [0.5, 0.6) is 0 Å². The van der Waals surface area contributed by atoms with Crippen LogP contribution in [0.4, 0.5) is 8.78 Å². The molecule has 1 fully saturated rings. The van der Waals surface area contributed by atoms with Crippen LogP contribution in [0, 0.1) is 5.92 Å². The molecular formula is C10H9ClF2OS. The van der Waals surface area contributed by atoms with Gasteiger partial charge >= 0.3 is 0 Å². The van der Waals surface area contributed by atoms with Crippen molar-refractivity contribution in [2.75, 3.05) is 0 Å². The van der Waals surface area contributed by atoms with E-state index in [1.165, 1.54) is 11.3 Å². The lowest BCUT2D eigenvalue weighted by atomic mass is 9.98. The summed E-state index contributed by atoms with van der Waals surface area (Å²) in [7, 11) is 0. The second kappa shape index (κ2) is 3.83. The van der Waals surface area contributed by atoms with Gasteiger partial charge in [-0.15, -0.1) is 11.3 Å². The van der Waals surface area contributed by atoms with Crippen molar-refractivity contribution >= 4 is 28.7 Å². The van der Waals surface area contributed by atoms with Crippen molar-refractivity contribution in [3.63, 3.8) is 0 Å². The highest BCUT2D eigenvalue weighted by Gasteiger charge is 2.42. The molecular weight excluding hydrogens is 242 g/mol. The molecule has 1 heterocycles. The van der Waals surface area contributed by atoms with Gasteiger partial charge in [0.2, 0.25) is 5.92 Å². The molecule has 2 rings (SSSR count). The summed E-state index contributed by atoms with van der Waals surface area (Å²) in [5.41, 5.74) is 0.393. The number of carbonyl (C=O) groups is 1.